The molecule has 0 saturated carbocycles. The van der Waals surface area contributed by atoms with Crippen LogP contribution in [-0.2, 0) is 6.54 Å². The molecular formula is C27H24N4O. The summed E-state index contributed by atoms with van der Waals surface area (Å²) in [6.07, 6.45) is 2.75. The molecule has 0 unspecified atom stereocenters. The molecule has 5 heteroatoms. The first-order chi connectivity index (χ1) is 15.5. The molecule has 0 fully saturated rings. The van der Waals surface area contributed by atoms with E-state index < -0.39 is 0 Å². The number of aldehydes is 1. The number of hydrogen-bond acceptors (Lipinski definition) is 4. The predicted octanol–water partition coefficient (Wildman–Crippen LogP) is 5.42. The summed E-state index contributed by atoms with van der Waals surface area (Å²) < 4.78 is 1.92. The van der Waals surface area contributed by atoms with Gasteiger partial charge in [0.2, 0.25) is 0 Å². The zero-order chi connectivity index (χ0) is 22.2. The van der Waals surface area contributed by atoms with Crippen LogP contribution in [0.4, 0.5) is 0 Å². The van der Waals surface area contributed by atoms with Crippen molar-refractivity contribution in [2.24, 2.45) is 0 Å². The van der Waals surface area contributed by atoms with Crippen molar-refractivity contribution in [3.8, 4) is 16.8 Å². The first-order valence-electron chi connectivity index (χ1n) is 10.6. The molecule has 2 heterocycles. The topological polar surface area (TPSA) is 51.0 Å². The fraction of sp³-hybridized carbons (Fsp3) is 0.148. The number of fused-ring (bicyclic) bond motifs is 3. The second kappa shape index (κ2) is 8.02. The van der Waals surface area contributed by atoms with Gasteiger partial charge >= 0.3 is 0 Å². The normalized spacial score (nSPS) is 11.5. The van der Waals surface area contributed by atoms with Crippen LogP contribution in [-0.4, -0.2) is 40.0 Å². The standard InChI is InChI=1S/C27H24N4O/c1-18-25-15-28-26-12-11-22(21-9-7-19(8-10-21)16-30(2)3)14-24(26)27(25)31(29-18)23-6-4-5-20(13-23)17-32/h4-15,17H,16H2,1-3H3. The molecule has 0 N–H and O–H groups in total. The minimum atomic E-state index is 0.626. The SMILES string of the molecule is Cc1nn(-c2cccc(C=O)c2)c2c1cnc1ccc(-c3ccc(CN(C)C)cc3)cc12. The Morgan fingerprint density at radius 1 is 0.938 bits per heavy atom. The van der Waals surface area contributed by atoms with Crippen molar-refractivity contribution >= 4 is 28.1 Å². The smallest absolute Gasteiger partial charge is 0.150 e. The van der Waals surface area contributed by atoms with E-state index in [1.54, 1.807) is 6.07 Å². The highest BCUT2D eigenvalue weighted by Gasteiger charge is 2.14. The van der Waals surface area contributed by atoms with E-state index in [0.717, 1.165) is 57.1 Å². The lowest BCUT2D eigenvalue weighted by molar-refractivity contribution is 0.112. The van der Waals surface area contributed by atoms with E-state index in [0.29, 0.717) is 5.56 Å². The van der Waals surface area contributed by atoms with Crippen molar-refractivity contribution in [1.29, 1.82) is 0 Å². The molecule has 5 aromatic rings. The number of hydrogen-bond donors (Lipinski definition) is 0. The Morgan fingerprint density at radius 2 is 1.72 bits per heavy atom. The quantitative estimate of drug-likeness (QED) is 0.356. The Labute approximate surface area is 186 Å². The lowest BCUT2D eigenvalue weighted by Gasteiger charge is -2.11. The van der Waals surface area contributed by atoms with Gasteiger partial charge in [-0.25, -0.2) is 4.68 Å². The van der Waals surface area contributed by atoms with Crippen LogP contribution < -0.4 is 0 Å². The number of carbonyl (C=O) groups excluding carboxylic acids is 1. The maximum atomic E-state index is 11.3. The molecular weight excluding hydrogens is 396 g/mol. The third kappa shape index (κ3) is 3.57. The highest BCUT2D eigenvalue weighted by atomic mass is 16.1. The predicted molar refractivity (Wildman–Crippen MR) is 129 cm³/mol. The van der Waals surface area contributed by atoms with Crippen molar-refractivity contribution in [3.05, 3.63) is 89.7 Å². The van der Waals surface area contributed by atoms with Gasteiger partial charge < -0.3 is 4.90 Å². The second-order valence-electron chi connectivity index (χ2n) is 8.40. The average molecular weight is 421 g/mol. The van der Waals surface area contributed by atoms with Gasteiger partial charge in [-0.15, -0.1) is 0 Å². The van der Waals surface area contributed by atoms with E-state index in [1.807, 2.05) is 36.0 Å². The summed E-state index contributed by atoms with van der Waals surface area (Å²) in [7, 11) is 4.15. The van der Waals surface area contributed by atoms with Crippen molar-refractivity contribution in [3.63, 3.8) is 0 Å². The summed E-state index contributed by atoms with van der Waals surface area (Å²) in [5.74, 6) is 0. The van der Waals surface area contributed by atoms with Gasteiger partial charge in [0, 0.05) is 29.1 Å². The van der Waals surface area contributed by atoms with Crippen LogP contribution in [0.5, 0.6) is 0 Å². The van der Waals surface area contributed by atoms with Crippen molar-refractivity contribution < 1.29 is 4.79 Å². The number of carbonyl (C=O) groups is 1. The van der Waals surface area contributed by atoms with E-state index in [1.165, 1.54) is 5.56 Å². The molecule has 5 rings (SSSR count). The Balaban J connectivity index is 1.69. The van der Waals surface area contributed by atoms with Gasteiger partial charge in [-0.05, 0) is 62.0 Å². The fourth-order valence-corrected chi connectivity index (χ4v) is 4.19. The van der Waals surface area contributed by atoms with Gasteiger partial charge in [0.25, 0.3) is 0 Å². The molecule has 0 aliphatic heterocycles. The Morgan fingerprint density at radius 3 is 2.47 bits per heavy atom. The molecule has 158 valence electrons. The van der Waals surface area contributed by atoms with E-state index in [9.17, 15) is 4.79 Å². The van der Waals surface area contributed by atoms with Crippen LogP contribution in [0.25, 0.3) is 38.6 Å². The first kappa shape index (κ1) is 20.1. The molecule has 0 aliphatic rings. The lowest BCUT2D eigenvalue weighted by Crippen LogP contribution is -2.10. The number of pyridine rings is 1. The minimum absolute atomic E-state index is 0.626. The summed E-state index contributed by atoms with van der Waals surface area (Å²) in [6, 6.07) is 22.6. The number of rotatable bonds is 5. The summed E-state index contributed by atoms with van der Waals surface area (Å²) in [6.45, 7) is 2.91. The molecule has 0 atom stereocenters. The summed E-state index contributed by atoms with van der Waals surface area (Å²) in [4.78, 5) is 18.2. The number of nitrogens with zero attached hydrogens (tertiary/aromatic N) is 4. The van der Waals surface area contributed by atoms with Crippen molar-refractivity contribution in [1.82, 2.24) is 19.7 Å². The molecule has 5 nitrogen and oxygen atoms in total. The summed E-state index contributed by atoms with van der Waals surface area (Å²) in [5, 5.41) is 6.83. The van der Waals surface area contributed by atoms with Crippen LogP contribution in [0.3, 0.4) is 0 Å². The van der Waals surface area contributed by atoms with Crippen molar-refractivity contribution in [2.45, 2.75) is 13.5 Å². The second-order valence-corrected chi connectivity index (χ2v) is 8.40. The van der Waals surface area contributed by atoms with Crippen LogP contribution in [0, 0.1) is 6.92 Å². The van der Waals surface area contributed by atoms with Crippen molar-refractivity contribution in [2.75, 3.05) is 14.1 Å². The molecule has 2 aromatic heterocycles. The third-order valence-electron chi connectivity index (χ3n) is 5.73. The molecule has 0 amide bonds. The molecule has 0 aliphatic carbocycles. The maximum Gasteiger partial charge on any atom is 0.150 e. The average Bonchev–Trinajstić information content (AvgIpc) is 3.16. The Bertz CT molecular complexity index is 1450. The van der Waals surface area contributed by atoms with E-state index >= 15 is 0 Å². The third-order valence-corrected chi connectivity index (χ3v) is 5.73. The van der Waals surface area contributed by atoms with Crippen LogP contribution >= 0.6 is 0 Å². The van der Waals surface area contributed by atoms with Gasteiger partial charge in [-0.1, -0.05) is 42.5 Å². The van der Waals surface area contributed by atoms with Crippen LogP contribution in [0.15, 0.2) is 72.9 Å². The Hall–Kier alpha value is -3.83. The van der Waals surface area contributed by atoms with Gasteiger partial charge in [0.05, 0.1) is 22.4 Å². The summed E-state index contributed by atoms with van der Waals surface area (Å²) in [5.41, 5.74) is 7.89. The van der Waals surface area contributed by atoms with E-state index in [2.05, 4.69) is 66.4 Å². The number of aromatic nitrogens is 3. The maximum absolute atomic E-state index is 11.3. The van der Waals surface area contributed by atoms with Gasteiger partial charge in [-0.2, -0.15) is 5.10 Å². The minimum Gasteiger partial charge on any atom is -0.305 e. The zero-order valence-electron chi connectivity index (χ0n) is 18.4. The highest BCUT2D eigenvalue weighted by molar-refractivity contribution is 6.06. The van der Waals surface area contributed by atoms with Crippen LogP contribution in [0.1, 0.15) is 21.6 Å². The highest BCUT2D eigenvalue weighted by Crippen LogP contribution is 2.32. The van der Waals surface area contributed by atoms with E-state index in [-0.39, 0.29) is 0 Å². The van der Waals surface area contributed by atoms with Gasteiger partial charge in [0.15, 0.2) is 0 Å². The van der Waals surface area contributed by atoms with Crippen LogP contribution in [0.2, 0.25) is 0 Å². The lowest BCUT2D eigenvalue weighted by atomic mass is 10.0. The fourth-order valence-electron chi connectivity index (χ4n) is 4.19. The van der Waals surface area contributed by atoms with Gasteiger partial charge in [0.1, 0.15) is 6.29 Å². The van der Waals surface area contributed by atoms with Gasteiger partial charge in [-0.3, -0.25) is 9.78 Å². The van der Waals surface area contributed by atoms with E-state index in [4.69, 9.17) is 5.10 Å². The Kier molecular flexibility index (Phi) is 5.04. The zero-order valence-corrected chi connectivity index (χ0v) is 18.4. The summed E-state index contributed by atoms with van der Waals surface area (Å²) >= 11 is 0. The molecule has 32 heavy (non-hydrogen) atoms. The monoisotopic (exact) mass is 420 g/mol. The molecule has 0 spiro atoms. The number of aryl methyl sites for hydroxylation is 1. The first-order valence-corrected chi connectivity index (χ1v) is 10.6. The molecule has 0 saturated heterocycles. The molecule has 0 radical (unpaired) electrons. The number of benzene rings is 3. The largest absolute Gasteiger partial charge is 0.305 e. The molecule has 0 bridgehead atoms. The molecule has 3 aromatic carbocycles.